The molecule has 1 saturated heterocycles. The average Bonchev–Trinajstić information content (AvgIpc) is 2.15. The summed E-state index contributed by atoms with van der Waals surface area (Å²) in [5.41, 5.74) is 0. The maximum absolute atomic E-state index is 10.5. The molecule has 1 atom stereocenters. The fourth-order valence-corrected chi connectivity index (χ4v) is 1.87. The Labute approximate surface area is 71.5 Å². The molecule has 0 saturated carbocycles. The van der Waals surface area contributed by atoms with Crippen LogP contribution in [0.25, 0.3) is 0 Å². The molecule has 0 aliphatic carbocycles. The lowest BCUT2D eigenvalue weighted by Crippen LogP contribution is -2.11. The Balaban J connectivity index is 0.000000810. The van der Waals surface area contributed by atoms with Gasteiger partial charge in [-0.05, 0) is 13.0 Å². The highest BCUT2D eigenvalue weighted by molar-refractivity contribution is 8.14. The molecule has 0 bridgehead atoms. The number of carbonyl (C=O) groups is 1. The van der Waals surface area contributed by atoms with E-state index in [2.05, 4.69) is 5.32 Å². The number of rotatable bonds is 1. The fourth-order valence-electron chi connectivity index (χ4n) is 0.963. The van der Waals surface area contributed by atoms with E-state index < -0.39 is 0 Å². The molecule has 0 amide bonds. The molecule has 1 aliphatic rings. The van der Waals surface area contributed by atoms with E-state index in [0.717, 1.165) is 19.5 Å². The molecule has 10 heavy (non-hydrogen) atoms. The molecule has 1 N–H and O–H groups in total. The molecule has 0 unspecified atom stereocenters. The van der Waals surface area contributed by atoms with Crippen LogP contribution in [0.1, 0.15) is 13.3 Å². The summed E-state index contributed by atoms with van der Waals surface area (Å²) in [5, 5.41) is 3.99. The van der Waals surface area contributed by atoms with Crippen molar-refractivity contribution in [1.29, 1.82) is 0 Å². The van der Waals surface area contributed by atoms with Crippen LogP contribution in [0.2, 0.25) is 0 Å². The Hall–Kier alpha value is 0.270. The quantitative estimate of drug-likeness (QED) is 0.656. The first-order chi connectivity index (χ1) is 4.29. The molecule has 0 aromatic rings. The molecule has 0 spiro atoms. The van der Waals surface area contributed by atoms with E-state index in [-0.39, 0.29) is 17.5 Å². The summed E-state index contributed by atoms with van der Waals surface area (Å²) >= 11 is 1.46. The Morgan fingerprint density at radius 1 is 1.70 bits per heavy atom. The SMILES string of the molecule is CC(=O)S[C@@H]1CCNC1.Cl. The van der Waals surface area contributed by atoms with Crippen LogP contribution in [-0.4, -0.2) is 23.5 Å². The predicted molar refractivity (Wildman–Crippen MR) is 46.8 cm³/mol. The van der Waals surface area contributed by atoms with Crippen molar-refractivity contribution in [2.75, 3.05) is 13.1 Å². The van der Waals surface area contributed by atoms with Gasteiger partial charge in [-0.3, -0.25) is 4.79 Å². The number of hydrogen-bond acceptors (Lipinski definition) is 3. The number of carbonyl (C=O) groups excluding carboxylic acids is 1. The van der Waals surface area contributed by atoms with Gasteiger partial charge in [0, 0.05) is 18.7 Å². The standard InChI is InChI=1S/C6H11NOS.ClH/c1-5(8)9-6-2-3-7-4-6;/h6-7H,2-4H2,1H3;1H/t6-;/m1./s1. The topological polar surface area (TPSA) is 29.1 Å². The maximum Gasteiger partial charge on any atom is 0.186 e. The first kappa shape index (κ1) is 10.3. The van der Waals surface area contributed by atoms with Crippen molar-refractivity contribution in [3.63, 3.8) is 0 Å². The van der Waals surface area contributed by atoms with E-state index in [9.17, 15) is 4.79 Å². The minimum Gasteiger partial charge on any atom is -0.316 e. The monoisotopic (exact) mass is 181 g/mol. The second-order valence-corrected chi connectivity index (χ2v) is 3.70. The summed E-state index contributed by atoms with van der Waals surface area (Å²) in [7, 11) is 0. The smallest absolute Gasteiger partial charge is 0.186 e. The third kappa shape index (κ3) is 3.44. The normalized spacial score (nSPS) is 23.9. The number of halogens is 1. The Kier molecular flexibility index (Phi) is 5.13. The number of nitrogens with one attached hydrogen (secondary N) is 1. The molecule has 1 heterocycles. The van der Waals surface area contributed by atoms with E-state index in [0.29, 0.717) is 5.25 Å². The van der Waals surface area contributed by atoms with Crippen molar-refractivity contribution in [3.8, 4) is 0 Å². The molecular weight excluding hydrogens is 170 g/mol. The van der Waals surface area contributed by atoms with Gasteiger partial charge < -0.3 is 5.32 Å². The van der Waals surface area contributed by atoms with Gasteiger partial charge in [-0.15, -0.1) is 12.4 Å². The van der Waals surface area contributed by atoms with Crippen LogP contribution in [0.3, 0.4) is 0 Å². The highest BCUT2D eigenvalue weighted by atomic mass is 35.5. The average molecular weight is 182 g/mol. The summed E-state index contributed by atoms with van der Waals surface area (Å²) in [4.78, 5) is 10.5. The molecule has 4 heteroatoms. The first-order valence-corrected chi connectivity index (χ1v) is 4.05. The zero-order chi connectivity index (χ0) is 6.69. The Morgan fingerprint density at radius 3 is 2.80 bits per heavy atom. The summed E-state index contributed by atoms with van der Waals surface area (Å²) in [6.45, 7) is 3.71. The van der Waals surface area contributed by atoms with Crippen LogP contribution in [0.5, 0.6) is 0 Å². The lowest BCUT2D eigenvalue weighted by molar-refractivity contribution is -0.109. The zero-order valence-corrected chi connectivity index (χ0v) is 7.56. The van der Waals surface area contributed by atoms with E-state index in [1.54, 1.807) is 6.92 Å². The van der Waals surface area contributed by atoms with Crippen LogP contribution >= 0.6 is 24.2 Å². The highest BCUT2D eigenvalue weighted by Gasteiger charge is 2.15. The molecule has 1 fully saturated rings. The van der Waals surface area contributed by atoms with Crippen LogP contribution in [0.15, 0.2) is 0 Å². The van der Waals surface area contributed by atoms with Crippen LogP contribution in [-0.2, 0) is 4.79 Å². The molecule has 1 aliphatic heterocycles. The number of hydrogen-bond donors (Lipinski definition) is 1. The second kappa shape index (κ2) is 4.99. The third-order valence-electron chi connectivity index (χ3n) is 1.35. The van der Waals surface area contributed by atoms with E-state index in [4.69, 9.17) is 0 Å². The molecule has 2 nitrogen and oxygen atoms in total. The van der Waals surface area contributed by atoms with Crippen LogP contribution < -0.4 is 5.32 Å². The minimum absolute atomic E-state index is 0. The third-order valence-corrected chi connectivity index (χ3v) is 2.42. The molecule has 0 aromatic heterocycles. The summed E-state index contributed by atoms with van der Waals surface area (Å²) in [6, 6.07) is 0. The van der Waals surface area contributed by atoms with Crippen molar-refractivity contribution in [2.24, 2.45) is 0 Å². The summed E-state index contributed by atoms with van der Waals surface area (Å²) in [6.07, 6.45) is 1.14. The highest BCUT2D eigenvalue weighted by Crippen LogP contribution is 2.17. The summed E-state index contributed by atoms with van der Waals surface area (Å²) < 4.78 is 0. The Bertz CT molecular complexity index is 114. The van der Waals surface area contributed by atoms with Crippen molar-refractivity contribution in [3.05, 3.63) is 0 Å². The maximum atomic E-state index is 10.5. The van der Waals surface area contributed by atoms with Gasteiger partial charge in [0.05, 0.1) is 0 Å². The van der Waals surface area contributed by atoms with Gasteiger partial charge in [0.1, 0.15) is 0 Å². The van der Waals surface area contributed by atoms with Crippen molar-refractivity contribution < 1.29 is 4.79 Å². The van der Waals surface area contributed by atoms with Gasteiger partial charge >= 0.3 is 0 Å². The van der Waals surface area contributed by atoms with Gasteiger partial charge in [-0.1, -0.05) is 11.8 Å². The van der Waals surface area contributed by atoms with Crippen molar-refractivity contribution >= 4 is 29.3 Å². The largest absolute Gasteiger partial charge is 0.316 e. The fraction of sp³-hybridized carbons (Fsp3) is 0.833. The van der Waals surface area contributed by atoms with Gasteiger partial charge in [-0.2, -0.15) is 0 Å². The number of thioether (sulfide) groups is 1. The van der Waals surface area contributed by atoms with Gasteiger partial charge in [0.25, 0.3) is 0 Å². The molecule has 0 aromatic carbocycles. The lowest BCUT2D eigenvalue weighted by atomic mass is 10.4. The molecule has 60 valence electrons. The van der Waals surface area contributed by atoms with Crippen LogP contribution in [0.4, 0.5) is 0 Å². The van der Waals surface area contributed by atoms with Crippen molar-refractivity contribution in [2.45, 2.75) is 18.6 Å². The lowest BCUT2D eigenvalue weighted by Gasteiger charge is -2.01. The Morgan fingerprint density at radius 2 is 2.40 bits per heavy atom. The first-order valence-electron chi connectivity index (χ1n) is 3.17. The molecular formula is C6H12ClNOS. The predicted octanol–water partition coefficient (Wildman–Crippen LogP) is 1.05. The molecule has 0 radical (unpaired) electrons. The van der Waals surface area contributed by atoms with E-state index in [1.807, 2.05) is 0 Å². The van der Waals surface area contributed by atoms with Gasteiger partial charge in [0.2, 0.25) is 0 Å². The van der Waals surface area contributed by atoms with Gasteiger partial charge in [0.15, 0.2) is 5.12 Å². The van der Waals surface area contributed by atoms with Gasteiger partial charge in [-0.25, -0.2) is 0 Å². The summed E-state index contributed by atoms with van der Waals surface area (Å²) in [5.74, 6) is 0. The van der Waals surface area contributed by atoms with E-state index in [1.165, 1.54) is 11.8 Å². The van der Waals surface area contributed by atoms with E-state index >= 15 is 0 Å². The minimum atomic E-state index is 0. The van der Waals surface area contributed by atoms with Crippen molar-refractivity contribution in [1.82, 2.24) is 5.32 Å². The zero-order valence-electron chi connectivity index (χ0n) is 5.92. The van der Waals surface area contributed by atoms with Crippen LogP contribution in [0, 0.1) is 0 Å². The molecule has 1 rings (SSSR count). The second-order valence-electron chi connectivity index (χ2n) is 2.22.